The molecule has 0 aliphatic carbocycles. The molecule has 0 spiro atoms. The number of hydrogen-bond acceptors (Lipinski definition) is 4. The first-order valence-corrected chi connectivity index (χ1v) is 4.10. The monoisotopic (exact) mass is 170 g/mol. The number of nitrogens with one attached hydrogen (secondary N) is 1. The molecule has 68 valence electrons. The summed E-state index contributed by atoms with van der Waals surface area (Å²) in [5.74, 6) is 0.995. The van der Waals surface area contributed by atoms with Crippen molar-refractivity contribution in [2.24, 2.45) is 5.92 Å². The van der Waals surface area contributed by atoms with Crippen LogP contribution in [-0.2, 0) is 4.74 Å². The lowest BCUT2D eigenvalue weighted by Gasteiger charge is -2.16. The molecule has 0 saturated heterocycles. The number of aromatic nitrogens is 4. The topological polar surface area (TPSA) is 63.7 Å². The molecular formula is C7H14N4O. The summed E-state index contributed by atoms with van der Waals surface area (Å²) in [7, 11) is 0. The normalized spacial score (nSPS) is 13.7. The first kappa shape index (κ1) is 9.12. The fourth-order valence-electron chi connectivity index (χ4n) is 1.03. The van der Waals surface area contributed by atoms with Crippen molar-refractivity contribution >= 4 is 0 Å². The van der Waals surface area contributed by atoms with Gasteiger partial charge in [0.1, 0.15) is 6.10 Å². The third-order valence-corrected chi connectivity index (χ3v) is 1.57. The molecule has 1 rings (SSSR count). The van der Waals surface area contributed by atoms with Crippen molar-refractivity contribution in [1.29, 1.82) is 0 Å². The fourth-order valence-corrected chi connectivity index (χ4v) is 1.03. The Balaban J connectivity index is 2.66. The van der Waals surface area contributed by atoms with Crippen LogP contribution in [0, 0.1) is 5.92 Å². The molecule has 5 nitrogen and oxygen atoms in total. The minimum atomic E-state index is -0.0475. The molecule has 1 atom stereocenters. The van der Waals surface area contributed by atoms with Crippen LogP contribution in [-0.4, -0.2) is 27.2 Å². The van der Waals surface area contributed by atoms with Gasteiger partial charge in [-0.3, -0.25) is 0 Å². The Kier molecular flexibility index (Phi) is 3.16. The molecule has 0 aliphatic rings. The predicted molar refractivity (Wildman–Crippen MR) is 43.4 cm³/mol. The van der Waals surface area contributed by atoms with Gasteiger partial charge in [0.15, 0.2) is 0 Å². The first-order valence-electron chi connectivity index (χ1n) is 4.10. The van der Waals surface area contributed by atoms with E-state index in [1.807, 2.05) is 6.92 Å². The summed E-state index contributed by atoms with van der Waals surface area (Å²) in [6, 6.07) is 0. The van der Waals surface area contributed by atoms with E-state index < -0.39 is 0 Å². The Hall–Kier alpha value is -0.970. The summed E-state index contributed by atoms with van der Waals surface area (Å²) in [4.78, 5) is 0. The van der Waals surface area contributed by atoms with Crippen LogP contribution >= 0.6 is 0 Å². The molecule has 0 aromatic carbocycles. The van der Waals surface area contributed by atoms with Gasteiger partial charge in [-0.2, -0.15) is 5.21 Å². The zero-order valence-corrected chi connectivity index (χ0v) is 7.61. The Morgan fingerprint density at radius 3 is 2.67 bits per heavy atom. The van der Waals surface area contributed by atoms with Gasteiger partial charge in [0, 0.05) is 6.61 Å². The minimum Gasteiger partial charge on any atom is -0.370 e. The molecule has 0 radical (unpaired) electrons. The smallest absolute Gasteiger partial charge is 0.203 e. The highest BCUT2D eigenvalue weighted by molar-refractivity contribution is 4.86. The number of tetrazole rings is 1. The molecule has 1 N–H and O–H groups in total. The van der Waals surface area contributed by atoms with Crippen molar-refractivity contribution in [3.05, 3.63) is 5.82 Å². The van der Waals surface area contributed by atoms with Crippen molar-refractivity contribution in [1.82, 2.24) is 20.6 Å². The van der Waals surface area contributed by atoms with Gasteiger partial charge in [0.05, 0.1) is 0 Å². The zero-order valence-electron chi connectivity index (χ0n) is 7.61. The van der Waals surface area contributed by atoms with E-state index in [1.165, 1.54) is 0 Å². The average molecular weight is 170 g/mol. The molecule has 0 bridgehead atoms. The van der Waals surface area contributed by atoms with Crippen molar-refractivity contribution < 1.29 is 4.74 Å². The van der Waals surface area contributed by atoms with Gasteiger partial charge in [-0.05, 0) is 12.8 Å². The van der Waals surface area contributed by atoms with Crippen LogP contribution in [0.5, 0.6) is 0 Å². The van der Waals surface area contributed by atoms with Gasteiger partial charge < -0.3 is 4.74 Å². The van der Waals surface area contributed by atoms with Crippen LogP contribution in [0.25, 0.3) is 0 Å². The van der Waals surface area contributed by atoms with Gasteiger partial charge in [0.25, 0.3) is 0 Å². The molecule has 12 heavy (non-hydrogen) atoms. The lowest BCUT2D eigenvalue weighted by Crippen LogP contribution is -2.12. The van der Waals surface area contributed by atoms with E-state index in [9.17, 15) is 0 Å². The number of rotatable bonds is 4. The molecule has 1 unspecified atom stereocenters. The van der Waals surface area contributed by atoms with Gasteiger partial charge in [-0.1, -0.05) is 19.1 Å². The van der Waals surface area contributed by atoms with E-state index in [4.69, 9.17) is 4.74 Å². The van der Waals surface area contributed by atoms with Gasteiger partial charge in [-0.15, -0.1) is 10.2 Å². The zero-order chi connectivity index (χ0) is 8.97. The maximum absolute atomic E-state index is 5.46. The summed E-state index contributed by atoms with van der Waals surface area (Å²) in [5.41, 5.74) is 0. The Bertz CT molecular complexity index is 209. The van der Waals surface area contributed by atoms with Gasteiger partial charge in [-0.25, -0.2) is 0 Å². The van der Waals surface area contributed by atoms with Crippen LogP contribution in [0.2, 0.25) is 0 Å². The number of H-pyrrole nitrogens is 1. The number of hydrogen-bond donors (Lipinski definition) is 1. The second kappa shape index (κ2) is 4.15. The van der Waals surface area contributed by atoms with E-state index in [1.54, 1.807) is 0 Å². The molecule has 0 aliphatic heterocycles. The third-order valence-electron chi connectivity index (χ3n) is 1.57. The fraction of sp³-hybridized carbons (Fsp3) is 0.857. The van der Waals surface area contributed by atoms with Crippen LogP contribution in [0.4, 0.5) is 0 Å². The Morgan fingerprint density at radius 2 is 2.25 bits per heavy atom. The second-order valence-corrected chi connectivity index (χ2v) is 2.89. The van der Waals surface area contributed by atoms with E-state index in [0.717, 1.165) is 0 Å². The summed E-state index contributed by atoms with van der Waals surface area (Å²) < 4.78 is 5.46. The molecule has 1 heterocycles. The molecule has 5 heteroatoms. The average Bonchev–Trinajstić information content (AvgIpc) is 2.51. The van der Waals surface area contributed by atoms with Crippen molar-refractivity contribution in [3.63, 3.8) is 0 Å². The van der Waals surface area contributed by atoms with Crippen molar-refractivity contribution in [2.45, 2.75) is 26.9 Å². The highest BCUT2D eigenvalue weighted by Crippen LogP contribution is 2.21. The van der Waals surface area contributed by atoms with E-state index >= 15 is 0 Å². The molecule has 0 fully saturated rings. The Labute approximate surface area is 71.5 Å². The summed E-state index contributed by atoms with van der Waals surface area (Å²) in [5, 5.41) is 13.7. The molecule has 1 aromatic heterocycles. The summed E-state index contributed by atoms with van der Waals surface area (Å²) in [6.07, 6.45) is -0.0475. The second-order valence-electron chi connectivity index (χ2n) is 2.89. The van der Waals surface area contributed by atoms with Gasteiger partial charge in [0.2, 0.25) is 5.82 Å². The largest absolute Gasteiger partial charge is 0.370 e. The highest BCUT2D eigenvalue weighted by atomic mass is 16.5. The summed E-state index contributed by atoms with van der Waals surface area (Å²) >= 11 is 0. The molecule has 1 aromatic rings. The summed E-state index contributed by atoms with van der Waals surface area (Å²) in [6.45, 7) is 6.75. The third kappa shape index (κ3) is 2.01. The predicted octanol–water partition coefficient (Wildman–Crippen LogP) is 0.933. The van der Waals surface area contributed by atoms with Crippen LogP contribution < -0.4 is 0 Å². The minimum absolute atomic E-state index is 0.0475. The molecule has 0 saturated carbocycles. The quantitative estimate of drug-likeness (QED) is 0.730. The standard InChI is InChI=1S/C7H14N4O/c1-4-12-6(5(2)3)7-8-10-11-9-7/h5-6H,4H2,1-3H3,(H,8,9,10,11). The maximum atomic E-state index is 5.46. The molecule has 0 amide bonds. The van der Waals surface area contributed by atoms with E-state index in [0.29, 0.717) is 18.3 Å². The number of nitrogens with zero attached hydrogens (tertiary/aromatic N) is 3. The van der Waals surface area contributed by atoms with Crippen molar-refractivity contribution in [3.8, 4) is 0 Å². The maximum Gasteiger partial charge on any atom is 0.203 e. The number of ether oxygens (including phenoxy) is 1. The van der Waals surface area contributed by atoms with Crippen molar-refractivity contribution in [2.75, 3.05) is 6.61 Å². The van der Waals surface area contributed by atoms with Crippen LogP contribution in [0.1, 0.15) is 32.7 Å². The lowest BCUT2D eigenvalue weighted by molar-refractivity contribution is 0.0232. The number of aromatic amines is 1. The van der Waals surface area contributed by atoms with Gasteiger partial charge >= 0.3 is 0 Å². The van der Waals surface area contributed by atoms with E-state index in [-0.39, 0.29) is 6.10 Å². The SMILES string of the molecule is CCOC(c1nn[nH]n1)C(C)C. The highest BCUT2D eigenvalue weighted by Gasteiger charge is 2.19. The lowest BCUT2D eigenvalue weighted by atomic mass is 10.1. The molecular weight excluding hydrogens is 156 g/mol. The Morgan fingerprint density at radius 1 is 1.50 bits per heavy atom. The first-order chi connectivity index (χ1) is 5.75. The van der Waals surface area contributed by atoms with E-state index in [2.05, 4.69) is 34.5 Å². The van der Waals surface area contributed by atoms with Crippen LogP contribution in [0.15, 0.2) is 0 Å². The van der Waals surface area contributed by atoms with Crippen LogP contribution in [0.3, 0.4) is 0 Å².